The van der Waals surface area contributed by atoms with E-state index in [2.05, 4.69) is 4.98 Å². The Bertz CT molecular complexity index is 433. The molecular weight excluding hydrogens is 169 g/mol. The maximum absolute atomic E-state index is 12.8. The quantitative estimate of drug-likeness (QED) is 0.692. The normalized spacial score (nSPS) is 13.5. The molecular formula is C10H10FNO. The van der Waals surface area contributed by atoms with Crippen LogP contribution in [-0.4, -0.2) is 10.1 Å². The van der Waals surface area contributed by atoms with E-state index in [0.717, 1.165) is 16.5 Å². The molecule has 2 nitrogen and oxygen atoms in total. The summed E-state index contributed by atoms with van der Waals surface area (Å²) in [7, 11) is 0. The fourth-order valence-electron chi connectivity index (χ4n) is 1.47. The van der Waals surface area contributed by atoms with Gasteiger partial charge in [-0.15, -0.1) is 0 Å². The molecule has 2 N–H and O–H groups in total. The van der Waals surface area contributed by atoms with Crippen LogP contribution < -0.4 is 0 Å². The van der Waals surface area contributed by atoms with Crippen molar-refractivity contribution in [3.8, 4) is 0 Å². The first kappa shape index (κ1) is 8.26. The summed E-state index contributed by atoms with van der Waals surface area (Å²) >= 11 is 0. The van der Waals surface area contributed by atoms with Crippen LogP contribution in [0.3, 0.4) is 0 Å². The standard InChI is InChI=1S/C10H10FNO/c1-6(13)9-5-12-10-4-7(11)2-3-8(9)10/h2-6,12-13H,1H3/t6-/m0/s1. The molecule has 0 aliphatic carbocycles. The van der Waals surface area contributed by atoms with Crippen molar-refractivity contribution in [3.05, 3.63) is 35.8 Å². The van der Waals surface area contributed by atoms with Crippen LogP contribution in [0.1, 0.15) is 18.6 Å². The molecule has 0 fully saturated rings. The summed E-state index contributed by atoms with van der Waals surface area (Å²) in [5.74, 6) is -0.272. The van der Waals surface area contributed by atoms with Gasteiger partial charge in [-0.2, -0.15) is 0 Å². The van der Waals surface area contributed by atoms with Gasteiger partial charge in [-0.1, -0.05) is 0 Å². The van der Waals surface area contributed by atoms with Gasteiger partial charge in [-0.3, -0.25) is 0 Å². The van der Waals surface area contributed by atoms with E-state index in [1.54, 1.807) is 19.2 Å². The van der Waals surface area contributed by atoms with Crippen molar-refractivity contribution < 1.29 is 9.50 Å². The van der Waals surface area contributed by atoms with Crippen LogP contribution in [0.15, 0.2) is 24.4 Å². The summed E-state index contributed by atoms with van der Waals surface area (Å²) in [5.41, 5.74) is 1.52. The lowest BCUT2D eigenvalue weighted by Gasteiger charge is -2.00. The number of halogens is 1. The van der Waals surface area contributed by atoms with Crippen LogP contribution in [-0.2, 0) is 0 Å². The number of aromatic amines is 1. The maximum atomic E-state index is 12.8. The SMILES string of the molecule is C[C@H](O)c1c[nH]c2cc(F)ccc12. The number of rotatable bonds is 1. The minimum Gasteiger partial charge on any atom is -0.389 e. The zero-order valence-corrected chi connectivity index (χ0v) is 7.21. The number of nitrogens with one attached hydrogen (secondary N) is 1. The number of aliphatic hydroxyl groups is 1. The van der Waals surface area contributed by atoms with Gasteiger partial charge in [0.25, 0.3) is 0 Å². The number of aromatic nitrogens is 1. The molecule has 2 rings (SSSR count). The number of hydrogen-bond acceptors (Lipinski definition) is 1. The summed E-state index contributed by atoms with van der Waals surface area (Å²) in [5, 5.41) is 10.2. The van der Waals surface area contributed by atoms with E-state index in [-0.39, 0.29) is 5.82 Å². The Hall–Kier alpha value is -1.35. The molecule has 0 radical (unpaired) electrons. The van der Waals surface area contributed by atoms with Crippen molar-refractivity contribution in [1.82, 2.24) is 4.98 Å². The first-order valence-corrected chi connectivity index (χ1v) is 4.13. The van der Waals surface area contributed by atoms with Crippen LogP contribution in [0.2, 0.25) is 0 Å². The van der Waals surface area contributed by atoms with Gasteiger partial charge in [0.05, 0.1) is 6.10 Å². The molecule has 1 aromatic heterocycles. The van der Waals surface area contributed by atoms with Gasteiger partial charge >= 0.3 is 0 Å². The molecule has 0 saturated heterocycles. The summed E-state index contributed by atoms with van der Waals surface area (Å²) in [6, 6.07) is 4.48. The fraction of sp³-hybridized carbons (Fsp3) is 0.200. The van der Waals surface area contributed by atoms with E-state index in [0.29, 0.717) is 0 Å². The van der Waals surface area contributed by atoms with Gasteiger partial charge in [0.15, 0.2) is 0 Å². The van der Waals surface area contributed by atoms with Gasteiger partial charge in [0, 0.05) is 22.7 Å². The number of benzene rings is 1. The Kier molecular flexibility index (Phi) is 1.81. The molecule has 0 spiro atoms. The number of H-pyrrole nitrogens is 1. The molecule has 0 saturated carbocycles. The van der Waals surface area contributed by atoms with E-state index < -0.39 is 6.10 Å². The van der Waals surface area contributed by atoms with Crippen molar-refractivity contribution in [3.63, 3.8) is 0 Å². The van der Waals surface area contributed by atoms with Gasteiger partial charge in [-0.05, 0) is 25.1 Å². The molecule has 1 atom stereocenters. The highest BCUT2D eigenvalue weighted by atomic mass is 19.1. The molecule has 13 heavy (non-hydrogen) atoms. The first-order chi connectivity index (χ1) is 6.18. The van der Waals surface area contributed by atoms with Crippen molar-refractivity contribution in [2.45, 2.75) is 13.0 Å². The van der Waals surface area contributed by atoms with Gasteiger partial charge in [0.1, 0.15) is 5.82 Å². The zero-order valence-electron chi connectivity index (χ0n) is 7.21. The van der Waals surface area contributed by atoms with Gasteiger partial charge in [-0.25, -0.2) is 4.39 Å². The van der Waals surface area contributed by atoms with Crippen LogP contribution in [0.5, 0.6) is 0 Å². The first-order valence-electron chi connectivity index (χ1n) is 4.13. The lowest BCUT2D eigenvalue weighted by atomic mass is 10.1. The number of fused-ring (bicyclic) bond motifs is 1. The second kappa shape index (κ2) is 2.85. The maximum Gasteiger partial charge on any atom is 0.125 e. The Morgan fingerprint density at radius 3 is 2.92 bits per heavy atom. The molecule has 0 amide bonds. The molecule has 0 unspecified atom stereocenters. The predicted octanol–water partition coefficient (Wildman–Crippen LogP) is 2.36. The second-order valence-electron chi connectivity index (χ2n) is 3.11. The fourth-order valence-corrected chi connectivity index (χ4v) is 1.47. The number of hydrogen-bond donors (Lipinski definition) is 2. The van der Waals surface area contributed by atoms with E-state index in [1.165, 1.54) is 12.1 Å². The van der Waals surface area contributed by atoms with Gasteiger partial charge < -0.3 is 10.1 Å². The average molecular weight is 179 g/mol. The average Bonchev–Trinajstić information content (AvgIpc) is 2.46. The Morgan fingerprint density at radius 1 is 1.46 bits per heavy atom. The molecule has 1 aromatic carbocycles. The highest BCUT2D eigenvalue weighted by molar-refractivity contribution is 5.83. The lowest BCUT2D eigenvalue weighted by molar-refractivity contribution is 0.201. The van der Waals surface area contributed by atoms with Gasteiger partial charge in [0.2, 0.25) is 0 Å². The van der Waals surface area contributed by atoms with E-state index in [1.807, 2.05) is 0 Å². The van der Waals surface area contributed by atoms with Crippen molar-refractivity contribution in [2.75, 3.05) is 0 Å². The largest absolute Gasteiger partial charge is 0.389 e. The smallest absolute Gasteiger partial charge is 0.125 e. The Morgan fingerprint density at radius 2 is 2.23 bits per heavy atom. The van der Waals surface area contributed by atoms with Crippen LogP contribution in [0, 0.1) is 5.82 Å². The van der Waals surface area contributed by atoms with Crippen LogP contribution >= 0.6 is 0 Å². The molecule has 3 heteroatoms. The van der Waals surface area contributed by atoms with Crippen molar-refractivity contribution in [1.29, 1.82) is 0 Å². The molecule has 1 heterocycles. The second-order valence-corrected chi connectivity index (χ2v) is 3.11. The predicted molar refractivity (Wildman–Crippen MR) is 48.9 cm³/mol. The Balaban J connectivity index is 2.69. The van der Waals surface area contributed by atoms with E-state index in [9.17, 15) is 9.50 Å². The summed E-state index contributed by atoms with van der Waals surface area (Å²) < 4.78 is 12.8. The monoisotopic (exact) mass is 179 g/mol. The highest BCUT2D eigenvalue weighted by Gasteiger charge is 2.08. The van der Waals surface area contributed by atoms with Crippen molar-refractivity contribution in [2.24, 2.45) is 0 Å². The minimum atomic E-state index is -0.529. The van der Waals surface area contributed by atoms with E-state index >= 15 is 0 Å². The molecule has 68 valence electrons. The topological polar surface area (TPSA) is 36.0 Å². The third kappa shape index (κ3) is 1.31. The van der Waals surface area contributed by atoms with E-state index in [4.69, 9.17) is 0 Å². The van der Waals surface area contributed by atoms with Crippen LogP contribution in [0.25, 0.3) is 10.9 Å². The van der Waals surface area contributed by atoms with Crippen molar-refractivity contribution >= 4 is 10.9 Å². The Labute approximate surface area is 75.0 Å². The summed E-state index contributed by atoms with van der Waals surface area (Å²) in [6.45, 7) is 1.69. The lowest BCUT2D eigenvalue weighted by Crippen LogP contribution is -1.87. The molecule has 0 aliphatic rings. The molecule has 2 aromatic rings. The van der Waals surface area contributed by atoms with Crippen LogP contribution in [0.4, 0.5) is 4.39 Å². The highest BCUT2D eigenvalue weighted by Crippen LogP contribution is 2.24. The third-order valence-electron chi connectivity index (χ3n) is 2.13. The minimum absolute atomic E-state index is 0.272. The molecule has 0 bridgehead atoms. The summed E-state index contributed by atoms with van der Waals surface area (Å²) in [4.78, 5) is 2.91. The summed E-state index contributed by atoms with van der Waals surface area (Å²) in [6.07, 6.45) is 1.17. The zero-order chi connectivity index (χ0) is 9.42. The number of aliphatic hydroxyl groups excluding tert-OH is 1. The molecule has 0 aliphatic heterocycles. The third-order valence-corrected chi connectivity index (χ3v) is 2.13.